The molecule has 3 aliphatic rings. The van der Waals surface area contributed by atoms with Gasteiger partial charge < -0.3 is 15.5 Å². The van der Waals surface area contributed by atoms with Gasteiger partial charge in [-0.25, -0.2) is 0 Å². The number of hydrogen-bond donors (Lipinski definition) is 1. The zero-order chi connectivity index (χ0) is 24.4. The van der Waals surface area contributed by atoms with E-state index in [1.54, 1.807) is 19.0 Å². The summed E-state index contributed by atoms with van der Waals surface area (Å²) in [6.07, 6.45) is 2.27. The number of hydroxylamine groups is 2. The Morgan fingerprint density at radius 1 is 1.35 bits per heavy atom. The lowest BCUT2D eigenvalue weighted by molar-refractivity contribution is -0.340. The molecule has 34 heavy (non-hydrogen) atoms. The Morgan fingerprint density at radius 2 is 2.09 bits per heavy atom. The molecule has 2 amide bonds. The van der Waals surface area contributed by atoms with Crippen LogP contribution in [-0.4, -0.2) is 89.5 Å². The minimum atomic E-state index is -0.726. The van der Waals surface area contributed by atoms with E-state index in [4.69, 9.17) is 15.1 Å². The fourth-order valence-electron chi connectivity index (χ4n) is 5.18. The molecule has 0 saturated carbocycles. The molecule has 0 aliphatic carbocycles. The number of hydrogen-bond acceptors (Lipinski definition) is 9. The largest absolute Gasteiger partial charge is 0.330 e. The van der Waals surface area contributed by atoms with Gasteiger partial charge in [0, 0.05) is 44.7 Å². The summed E-state index contributed by atoms with van der Waals surface area (Å²) in [6, 6.07) is 8.75. The van der Waals surface area contributed by atoms with Gasteiger partial charge in [0.05, 0.1) is 36.2 Å². The molecule has 5 atom stereocenters. The molecule has 3 aliphatic heterocycles. The van der Waals surface area contributed by atoms with Crippen LogP contribution in [0.1, 0.15) is 37.8 Å². The zero-order valence-corrected chi connectivity index (χ0v) is 20.6. The smallest absolute Gasteiger partial charge is 0.241 e. The minimum Gasteiger partial charge on any atom is -0.330 e. The van der Waals surface area contributed by atoms with Crippen molar-refractivity contribution in [3.05, 3.63) is 29.8 Å². The highest BCUT2D eigenvalue weighted by molar-refractivity contribution is 7.94. The first-order valence-corrected chi connectivity index (χ1v) is 12.3. The van der Waals surface area contributed by atoms with Crippen molar-refractivity contribution in [3.63, 3.8) is 0 Å². The average molecular weight is 489 g/mol. The summed E-state index contributed by atoms with van der Waals surface area (Å²) >= 11 is 1.12. The Bertz CT molecular complexity index is 938. The first-order chi connectivity index (χ1) is 16.3. The van der Waals surface area contributed by atoms with E-state index in [9.17, 15) is 14.9 Å². The number of amides is 2. The second-order valence-corrected chi connectivity index (χ2v) is 10.1. The second kappa shape index (κ2) is 10.6. The highest BCUT2D eigenvalue weighted by Gasteiger charge is 2.51. The van der Waals surface area contributed by atoms with Crippen LogP contribution in [0, 0.1) is 11.3 Å². The second-order valence-electron chi connectivity index (χ2n) is 9.31. The summed E-state index contributed by atoms with van der Waals surface area (Å²) in [5.74, 6) is -0.108. The molecule has 4 rings (SSSR count). The SMILES string of the molecule is C[C@@H](c1ccc(SOON(C)C)cc1)N1C(=O)[C@@H]2C[C@H]1CN2C[C@H](N)C(=O)N1CCC[C@H]1C#N. The van der Waals surface area contributed by atoms with E-state index in [-0.39, 0.29) is 36.0 Å². The normalized spacial score (nSPS) is 26.4. The summed E-state index contributed by atoms with van der Waals surface area (Å²) in [6.45, 7) is 3.66. The number of carbonyl (C=O) groups is 2. The number of carbonyl (C=O) groups excluding carboxylic acids is 2. The average Bonchev–Trinajstić information content (AvgIpc) is 3.53. The number of rotatable bonds is 9. The number of nitrogens with zero attached hydrogens (tertiary/aromatic N) is 5. The van der Waals surface area contributed by atoms with Gasteiger partial charge in [0.2, 0.25) is 11.8 Å². The highest BCUT2D eigenvalue weighted by atomic mass is 32.2. The maximum Gasteiger partial charge on any atom is 0.241 e. The van der Waals surface area contributed by atoms with Crippen LogP contribution in [0.25, 0.3) is 0 Å². The number of nitriles is 1. The number of nitrogens with two attached hydrogens (primary N) is 1. The van der Waals surface area contributed by atoms with Gasteiger partial charge in [-0.3, -0.25) is 14.5 Å². The summed E-state index contributed by atoms with van der Waals surface area (Å²) in [5.41, 5.74) is 7.28. The molecule has 184 valence electrons. The Kier molecular flexibility index (Phi) is 7.77. The highest BCUT2D eigenvalue weighted by Crippen LogP contribution is 2.38. The third-order valence-electron chi connectivity index (χ3n) is 6.84. The molecule has 10 nitrogen and oxygen atoms in total. The van der Waals surface area contributed by atoms with E-state index in [1.165, 1.54) is 5.06 Å². The van der Waals surface area contributed by atoms with Gasteiger partial charge in [-0.05, 0) is 43.9 Å². The molecule has 11 heteroatoms. The first-order valence-electron chi connectivity index (χ1n) is 11.6. The summed E-state index contributed by atoms with van der Waals surface area (Å²) in [7, 11) is 3.47. The van der Waals surface area contributed by atoms with Crippen LogP contribution >= 0.6 is 12.0 Å². The lowest BCUT2D eigenvalue weighted by atomic mass is 10.1. The van der Waals surface area contributed by atoms with E-state index in [2.05, 4.69) is 6.07 Å². The lowest BCUT2D eigenvalue weighted by Gasteiger charge is -2.38. The van der Waals surface area contributed by atoms with E-state index in [0.717, 1.165) is 35.3 Å². The topological polar surface area (TPSA) is 115 Å². The van der Waals surface area contributed by atoms with Crippen molar-refractivity contribution < 1.29 is 18.9 Å². The van der Waals surface area contributed by atoms with Crippen LogP contribution in [0.2, 0.25) is 0 Å². The molecule has 3 saturated heterocycles. The molecule has 3 fully saturated rings. The maximum absolute atomic E-state index is 13.2. The number of likely N-dealkylation sites (tertiary alicyclic amines) is 3. The van der Waals surface area contributed by atoms with Crippen molar-refractivity contribution in [2.45, 2.75) is 61.3 Å². The molecule has 2 bridgehead atoms. The Labute approximate surface area is 204 Å². The molecule has 3 heterocycles. The monoisotopic (exact) mass is 488 g/mol. The van der Waals surface area contributed by atoms with Crippen molar-refractivity contribution in [1.82, 2.24) is 19.8 Å². The van der Waals surface area contributed by atoms with Crippen molar-refractivity contribution in [3.8, 4) is 6.07 Å². The molecule has 2 N–H and O–H groups in total. The number of benzene rings is 1. The van der Waals surface area contributed by atoms with Crippen LogP contribution in [0.15, 0.2) is 29.2 Å². The quantitative estimate of drug-likeness (QED) is 0.312. The van der Waals surface area contributed by atoms with E-state index >= 15 is 0 Å². The molecule has 0 aromatic heterocycles. The van der Waals surface area contributed by atoms with Gasteiger partial charge in [0.15, 0.2) is 0 Å². The predicted octanol–water partition coefficient (Wildman–Crippen LogP) is 1.31. The standard InChI is InChI=1S/C23H32N6O4S/c1-15(16-6-8-19(9-7-16)34-33-32-26(2)3)29-18-11-21(23(29)31)27(13-18)14-20(25)22(30)28-10-4-5-17(28)12-24/h6-9,15,17-18,20-21H,4-5,10-11,13-14,25H2,1-3H3/t15-,17-,18-,20-,21-/m0/s1. The summed E-state index contributed by atoms with van der Waals surface area (Å²) in [5, 5.41) is 10.7. The maximum atomic E-state index is 13.2. The predicted molar refractivity (Wildman–Crippen MR) is 126 cm³/mol. The molecule has 0 spiro atoms. The van der Waals surface area contributed by atoms with Gasteiger partial charge in [0.1, 0.15) is 6.04 Å². The van der Waals surface area contributed by atoms with Crippen LogP contribution in [0.3, 0.4) is 0 Å². The molecule has 0 unspecified atom stereocenters. The molecular formula is C23H32N6O4S. The molecule has 1 aromatic rings. The summed E-state index contributed by atoms with van der Waals surface area (Å²) < 4.78 is 5.06. The van der Waals surface area contributed by atoms with Crippen molar-refractivity contribution in [2.75, 3.05) is 33.7 Å². The summed E-state index contributed by atoms with van der Waals surface area (Å²) in [4.78, 5) is 37.4. The van der Waals surface area contributed by atoms with Gasteiger partial charge in [0.25, 0.3) is 0 Å². The zero-order valence-electron chi connectivity index (χ0n) is 19.8. The van der Waals surface area contributed by atoms with E-state index < -0.39 is 6.04 Å². The van der Waals surface area contributed by atoms with Crippen LogP contribution < -0.4 is 5.73 Å². The fourth-order valence-corrected chi connectivity index (χ4v) is 5.66. The Morgan fingerprint density at radius 3 is 2.74 bits per heavy atom. The van der Waals surface area contributed by atoms with Crippen molar-refractivity contribution in [2.24, 2.45) is 5.73 Å². The minimum absolute atomic E-state index is 0.0565. The molecule has 1 aromatic carbocycles. The van der Waals surface area contributed by atoms with Crippen molar-refractivity contribution >= 4 is 23.9 Å². The van der Waals surface area contributed by atoms with Gasteiger partial charge in [-0.2, -0.15) is 10.3 Å². The van der Waals surface area contributed by atoms with Crippen LogP contribution in [0.5, 0.6) is 0 Å². The van der Waals surface area contributed by atoms with Gasteiger partial charge in [-0.1, -0.05) is 12.1 Å². The lowest BCUT2D eigenvalue weighted by Crippen LogP contribution is -2.56. The molecule has 0 radical (unpaired) electrons. The first kappa shape index (κ1) is 24.9. The van der Waals surface area contributed by atoms with Crippen LogP contribution in [0.4, 0.5) is 0 Å². The van der Waals surface area contributed by atoms with Crippen molar-refractivity contribution in [1.29, 1.82) is 5.26 Å². The van der Waals surface area contributed by atoms with Gasteiger partial charge in [-0.15, -0.1) is 9.32 Å². The number of piperazine rings is 1. The third kappa shape index (κ3) is 5.07. The Hall–Kier alpha value is -2.20. The Balaban J connectivity index is 1.32. The van der Waals surface area contributed by atoms with Crippen LogP contribution in [-0.2, 0) is 18.9 Å². The van der Waals surface area contributed by atoms with Gasteiger partial charge >= 0.3 is 0 Å². The number of fused-ring (bicyclic) bond motifs is 2. The fraction of sp³-hybridized carbons (Fsp3) is 0.609. The molecular weight excluding hydrogens is 456 g/mol. The van der Waals surface area contributed by atoms with E-state index in [1.807, 2.05) is 41.0 Å². The third-order valence-corrected chi connectivity index (χ3v) is 7.43. The van der Waals surface area contributed by atoms with E-state index in [0.29, 0.717) is 26.1 Å².